The van der Waals surface area contributed by atoms with E-state index in [9.17, 15) is 31.1 Å². The Morgan fingerprint density at radius 3 is 2.21 bits per heavy atom. The van der Waals surface area contributed by atoms with Crippen molar-refractivity contribution < 1.29 is 35.9 Å². The maximum Gasteiger partial charge on any atom is 0.416 e. The lowest BCUT2D eigenvalue weighted by Crippen LogP contribution is -2.17. The molecule has 0 aliphatic heterocycles. The molecular formula is C25H19F6N5O2S. The molecule has 1 amide bonds. The number of halogens is 6. The fourth-order valence-corrected chi connectivity index (χ4v) is 4.24. The van der Waals surface area contributed by atoms with Gasteiger partial charge in [0.05, 0.1) is 23.5 Å². The summed E-state index contributed by atoms with van der Waals surface area (Å²) < 4.78 is 86.0. The lowest BCUT2D eigenvalue weighted by molar-refractivity contribution is -0.143. The summed E-state index contributed by atoms with van der Waals surface area (Å²) in [5.41, 5.74) is -2.45. The van der Waals surface area contributed by atoms with Crippen LogP contribution in [0.25, 0.3) is 17.1 Å². The average molecular weight is 568 g/mol. The quantitative estimate of drug-likeness (QED) is 0.194. The zero-order valence-corrected chi connectivity index (χ0v) is 20.9. The first kappa shape index (κ1) is 28.0. The first-order valence-corrected chi connectivity index (χ1v) is 12.3. The minimum Gasteiger partial charge on any atom is -0.494 e. The minimum atomic E-state index is -5.04. The number of nitrogens with zero attached hydrogens (tertiary/aromatic N) is 4. The second kappa shape index (κ2) is 11.4. The van der Waals surface area contributed by atoms with Gasteiger partial charge < -0.3 is 10.1 Å². The summed E-state index contributed by atoms with van der Waals surface area (Å²) in [6.45, 7) is 2.32. The number of ether oxygens (including phenoxy) is 1. The van der Waals surface area contributed by atoms with Crippen molar-refractivity contribution in [2.45, 2.75) is 24.4 Å². The molecule has 2 aromatic heterocycles. The van der Waals surface area contributed by atoms with E-state index in [4.69, 9.17) is 4.74 Å². The predicted molar refractivity (Wildman–Crippen MR) is 132 cm³/mol. The van der Waals surface area contributed by atoms with Crippen LogP contribution in [0, 0.1) is 0 Å². The largest absolute Gasteiger partial charge is 0.494 e. The second-order valence-corrected chi connectivity index (χ2v) is 8.88. The molecule has 2 heterocycles. The molecule has 0 spiro atoms. The molecule has 204 valence electrons. The Labute approximate surface area is 222 Å². The zero-order valence-electron chi connectivity index (χ0n) is 20.0. The molecule has 0 aliphatic rings. The summed E-state index contributed by atoms with van der Waals surface area (Å²) in [6.07, 6.45) is -6.92. The smallest absolute Gasteiger partial charge is 0.416 e. The lowest BCUT2D eigenvalue weighted by Gasteiger charge is -2.15. The third kappa shape index (κ3) is 6.88. The Balaban J connectivity index is 1.59. The molecule has 39 heavy (non-hydrogen) atoms. The van der Waals surface area contributed by atoms with Crippen molar-refractivity contribution in [2.24, 2.45) is 0 Å². The fourth-order valence-electron chi connectivity index (χ4n) is 3.49. The highest BCUT2D eigenvalue weighted by Crippen LogP contribution is 2.37. The molecule has 7 nitrogen and oxygen atoms in total. The van der Waals surface area contributed by atoms with Gasteiger partial charge in [-0.3, -0.25) is 14.3 Å². The first-order chi connectivity index (χ1) is 18.5. The number of carbonyl (C=O) groups excluding carboxylic acids is 1. The Morgan fingerprint density at radius 2 is 1.64 bits per heavy atom. The highest BCUT2D eigenvalue weighted by atomic mass is 32.2. The number of aromatic nitrogens is 4. The molecule has 4 aromatic rings. The van der Waals surface area contributed by atoms with Crippen LogP contribution in [0.4, 0.5) is 32.0 Å². The van der Waals surface area contributed by atoms with E-state index in [-0.39, 0.29) is 17.0 Å². The van der Waals surface area contributed by atoms with Crippen molar-refractivity contribution in [1.29, 1.82) is 0 Å². The van der Waals surface area contributed by atoms with E-state index in [1.165, 1.54) is 0 Å². The van der Waals surface area contributed by atoms with Crippen LogP contribution in [0.5, 0.6) is 5.75 Å². The molecule has 14 heteroatoms. The van der Waals surface area contributed by atoms with Gasteiger partial charge in [-0.1, -0.05) is 11.8 Å². The summed E-state index contributed by atoms with van der Waals surface area (Å²) in [4.78, 5) is 16.7. The lowest BCUT2D eigenvalue weighted by atomic mass is 10.1. The number of benzene rings is 2. The maximum atomic E-state index is 13.1. The second-order valence-electron chi connectivity index (χ2n) is 7.94. The number of anilines is 1. The zero-order chi connectivity index (χ0) is 28.2. The van der Waals surface area contributed by atoms with Crippen LogP contribution in [0.15, 0.2) is 72.1 Å². The topological polar surface area (TPSA) is 81.9 Å². The third-order valence-corrected chi connectivity index (χ3v) is 6.09. The first-order valence-electron chi connectivity index (χ1n) is 11.3. The van der Waals surface area contributed by atoms with Gasteiger partial charge in [0.1, 0.15) is 5.75 Å². The molecule has 0 bridgehead atoms. The van der Waals surface area contributed by atoms with Gasteiger partial charge in [-0.2, -0.15) is 26.3 Å². The van der Waals surface area contributed by atoms with Crippen molar-refractivity contribution in [2.75, 3.05) is 17.7 Å². The number of alkyl halides is 6. The molecule has 0 saturated heterocycles. The Hall–Kier alpha value is -4.07. The van der Waals surface area contributed by atoms with E-state index in [1.807, 2.05) is 6.92 Å². The fraction of sp³-hybridized carbons (Fsp3) is 0.200. The number of nitrogens with one attached hydrogen (secondary N) is 1. The van der Waals surface area contributed by atoms with Crippen molar-refractivity contribution in [3.8, 4) is 22.8 Å². The Morgan fingerprint density at radius 1 is 0.974 bits per heavy atom. The summed E-state index contributed by atoms with van der Waals surface area (Å²) in [7, 11) is 0. The van der Waals surface area contributed by atoms with E-state index in [2.05, 4.69) is 20.5 Å². The number of hydrogen-bond acceptors (Lipinski definition) is 6. The van der Waals surface area contributed by atoms with Gasteiger partial charge in [0.25, 0.3) is 0 Å². The summed E-state index contributed by atoms with van der Waals surface area (Å²) in [6, 6.07) is 11.3. The van der Waals surface area contributed by atoms with Crippen LogP contribution in [0.2, 0.25) is 0 Å². The molecule has 0 saturated carbocycles. The van der Waals surface area contributed by atoms with Crippen LogP contribution < -0.4 is 10.1 Å². The van der Waals surface area contributed by atoms with Crippen molar-refractivity contribution in [1.82, 2.24) is 19.7 Å². The Bertz CT molecular complexity index is 1410. The number of carbonyl (C=O) groups is 1. The van der Waals surface area contributed by atoms with Gasteiger partial charge >= 0.3 is 12.4 Å². The summed E-state index contributed by atoms with van der Waals surface area (Å²) in [5, 5.41) is 10.7. The molecule has 2 aromatic carbocycles. The highest BCUT2D eigenvalue weighted by molar-refractivity contribution is 7.99. The molecule has 1 N–H and O–H groups in total. The SMILES string of the molecule is CCOc1ccc(-n2c(SCC(=O)Nc3cc(C(F)(F)F)cc(C(F)(F)F)c3)nnc2-c2cccnc2)cc1. The van der Waals surface area contributed by atoms with Gasteiger partial charge in [-0.15, -0.1) is 10.2 Å². The van der Waals surface area contributed by atoms with Crippen molar-refractivity contribution >= 4 is 23.4 Å². The average Bonchev–Trinajstić information content (AvgIpc) is 3.31. The van der Waals surface area contributed by atoms with E-state index in [1.54, 1.807) is 53.4 Å². The Kier molecular flexibility index (Phi) is 8.14. The van der Waals surface area contributed by atoms with Crippen LogP contribution in [0.3, 0.4) is 0 Å². The van der Waals surface area contributed by atoms with Crippen LogP contribution in [-0.4, -0.2) is 38.0 Å². The van der Waals surface area contributed by atoms with Crippen molar-refractivity contribution in [3.63, 3.8) is 0 Å². The van der Waals surface area contributed by atoms with Crippen molar-refractivity contribution in [3.05, 3.63) is 78.1 Å². The molecule has 0 aliphatic carbocycles. The van der Waals surface area contributed by atoms with Crippen LogP contribution >= 0.6 is 11.8 Å². The molecular weight excluding hydrogens is 548 g/mol. The van der Waals surface area contributed by atoms with Crippen LogP contribution in [-0.2, 0) is 17.1 Å². The normalized spacial score (nSPS) is 11.9. The number of rotatable bonds is 8. The predicted octanol–water partition coefficient (Wildman–Crippen LogP) is 6.50. The molecule has 0 fully saturated rings. The summed E-state index contributed by atoms with van der Waals surface area (Å²) in [5.74, 6) is -0.176. The van der Waals surface area contributed by atoms with Gasteiger partial charge in [0, 0.05) is 29.3 Å². The van der Waals surface area contributed by atoms with Gasteiger partial charge in [-0.05, 0) is 61.5 Å². The molecule has 0 radical (unpaired) electrons. The van der Waals surface area contributed by atoms with Gasteiger partial charge in [0.15, 0.2) is 11.0 Å². The van der Waals surface area contributed by atoms with E-state index in [0.29, 0.717) is 41.6 Å². The highest BCUT2D eigenvalue weighted by Gasteiger charge is 2.37. The third-order valence-electron chi connectivity index (χ3n) is 5.16. The van der Waals surface area contributed by atoms with E-state index < -0.39 is 35.1 Å². The molecule has 0 atom stereocenters. The van der Waals surface area contributed by atoms with E-state index >= 15 is 0 Å². The molecule has 0 unspecified atom stereocenters. The van der Waals surface area contributed by atoms with Crippen LogP contribution in [0.1, 0.15) is 18.1 Å². The van der Waals surface area contributed by atoms with Gasteiger partial charge in [-0.25, -0.2) is 0 Å². The number of amides is 1. The minimum absolute atomic E-state index is 0.0102. The summed E-state index contributed by atoms with van der Waals surface area (Å²) >= 11 is 0.900. The van der Waals surface area contributed by atoms with E-state index in [0.717, 1.165) is 11.8 Å². The number of thioether (sulfide) groups is 1. The standard InChI is InChI=1S/C25H19F6N5O2S/c1-2-38-20-7-5-19(6-8-20)36-22(15-4-3-9-32-13-15)34-35-23(36)39-14-21(37)33-18-11-16(24(26,27)28)10-17(12-18)25(29,30)31/h3-13H,2,14H2,1H3,(H,33,37). The molecule has 4 rings (SSSR count). The monoisotopic (exact) mass is 567 g/mol. The number of hydrogen-bond donors (Lipinski definition) is 1. The maximum absolute atomic E-state index is 13.1. The number of pyridine rings is 1. The van der Waals surface area contributed by atoms with Gasteiger partial charge in [0.2, 0.25) is 5.91 Å².